The van der Waals surface area contributed by atoms with Gasteiger partial charge in [0.25, 0.3) is 0 Å². The van der Waals surface area contributed by atoms with E-state index in [-0.39, 0.29) is 11.1 Å². The van der Waals surface area contributed by atoms with Crippen LogP contribution in [-0.2, 0) is 17.5 Å². The molecule has 2 aromatic rings. The number of halogens is 1. The van der Waals surface area contributed by atoms with Gasteiger partial charge in [0.1, 0.15) is 18.5 Å². The average Bonchev–Trinajstić information content (AvgIpc) is 2.86. The minimum Gasteiger partial charge on any atom is -0.489 e. The predicted molar refractivity (Wildman–Crippen MR) is 167 cm³/mol. The van der Waals surface area contributed by atoms with Gasteiger partial charge < -0.3 is 14.3 Å². The second kappa shape index (κ2) is 15.7. The van der Waals surface area contributed by atoms with Crippen LogP contribution < -0.4 is 4.74 Å². The molecule has 0 aliphatic rings. The Kier molecular flexibility index (Phi) is 13.4. The van der Waals surface area contributed by atoms with E-state index in [9.17, 15) is 5.11 Å². The molecule has 38 heavy (non-hydrogen) atoms. The molecule has 0 heterocycles. The summed E-state index contributed by atoms with van der Waals surface area (Å²) in [5, 5.41) is 11.3. The van der Waals surface area contributed by atoms with E-state index in [1.54, 1.807) is 0 Å². The van der Waals surface area contributed by atoms with Crippen LogP contribution in [0, 0.1) is 11.8 Å². The summed E-state index contributed by atoms with van der Waals surface area (Å²) in [5.74, 6) is 7.09. The zero-order valence-corrected chi connectivity index (χ0v) is 26.9. The molecule has 0 fully saturated rings. The van der Waals surface area contributed by atoms with Crippen molar-refractivity contribution in [3.63, 3.8) is 0 Å². The highest BCUT2D eigenvalue weighted by Gasteiger charge is 2.38. The Bertz CT molecular complexity index is 1060. The van der Waals surface area contributed by atoms with Gasteiger partial charge in [-0.1, -0.05) is 105 Å². The molecule has 0 spiro atoms. The topological polar surface area (TPSA) is 38.7 Å². The van der Waals surface area contributed by atoms with Gasteiger partial charge in [-0.15, -0.1) is 12.5 Å². The molecule has 208 valence electrons. The third kappa shape index (κ3) is 10.0. The van der Waals surface area contributed by atoms with Crippen LogP contribution in [0.2, 0.25) is 18.1 Å². The van der Waals surface area contributed by atoms with Crippen LogP contribution in [-0.4, -0.2) is 19.5 Å². The van der Waals surface area contributed by atoms with Crippen LogP contribution >= 0.6 is 15.9 Å². The summed E-state index contributed by atoms with van der Waals surface area (Å²) < 4.78 is 13.7. The van der Waals surface area contributed by atoms with Gasteiger partial charge in [-0.2, -0.15) is 0 Å². The van der Waals surface area contributed by atoms with E-state index in [1.165, 1.54) is 19.3 Å². The molecule has 0 aromatic heterocycles. The molecule has 0 aliphatic carbocycles. The van der Waals surface area contributed by atoms with Gasteiger partial charge in [0, 0.05) is 28.1 Å². The lowest BCUT2D eigenvalue weighted by Gasteiger charge is -2.39. The fraction of sp³-hybridized carbons (Fsp3) is 0.515. The van der Waals surface area contributed by atoms with Crippen LogP contribution in [0.25, 0.3) is 0 Å². The van der Waals surface area contributed by atoms with E-state index in [0.29, 0.717) is 19.4 Å². The molecule has 1 N–H and O–H groups in total. The summed E-state index contributed by atoms with van der Waals surface area (Å²) in [6.45, 7) is 18.1. The molecular weight excluding hydrogens is 552 g/mol. The molecule has 3 nitrogen and oxygen atoms in total. The smallest absolute Gasteiger partial charge is 0.192 e. The Balaban J connectivity index is 2.15. The molecule has 5 heteroatoms. The monoisotopic (exact) mass is 598 g/mol. The van der Waals surface area contributed by atoms with Gasteiger partial charge in [0.2, 0.25) is 0 Å². The quantitative estimate of drug-likeness (QED) is 0.102. The highest BCUT2D eigenvalue weighted by Crippen LogP contribution is 2.38. The second-order valence-electron chi connectivity index (χ2n) is 11.5. The van der Waals surface area contributed by atoms with E-state index in [4.69, 9.17) is 9.16 Å². The summed E-state index contributed by atoms with van der Waals surface area (Å²) in [6.07, 6.45) is 7.97. The first-order chi connectivity index (χ1) is 18.0. The lowest BCUT2D eigenvalue weighted by atomic mass is 9.98. The largest absolute Gasteiger partial charge is 0.489 e. The van der Waals surface area contributed by atoms with Crippen LogP contribution in [0.1, 0.15) is 89.0 Å². The van der Waals surface area contributed by atoms with Crippen LogP contribution in [0.15, 0.2) is 59.6 Å². The highest BCUT2D eigenvalue weighted by atomic mass is 79.9. The summed E-state index contributed by atoms with van der Waals surface area (Å²) >= 11 is 3.63. The Morgan fingerprint density at radius 1 is 1.08 bits per heavy atom. The van der Waals surface area contributed by atoms with Crippen molar-refractivity contribution < 1.29 is 14.3 Å². The Morgan fingerprint density at radius 3 is 2.42 bits per heavy atom. The van der Waals surface area contributed by atoms with Crippen molar-refractivity contribution in [2.24, 2.45) is 0 Å². The zero-order chi connectivity index (χ0) is 28.2. The standard InChI is InChI=1S/C33H47BrO3Si/c1-8-10-12-20-27(37-38(6,7)33(3,4)5)21-15-16-22-30(35)32-28(17-9-2)31(24-23-29(32)34)36-25-26-18-13-11-14-19-26/h9,11,13-14,18-19,23-24,27,30,35H,2,8,10,12,15,17,20-21,25H2,1,3-7H3/t27-,30?/m0/s1. The molecule has 0 saturated heterocycles. The molecular formula is C33H47BrO3Si. The van der Waals surface area contributed by atoms with Gasteiger partial charge in [0.05, 0.1) is 0 Å². The summed E-state index contributed by atoms with van der Waals surface area (Å²) in [6, 6.07) is 13.9. The molecule has 0 saturated carbocycles. The minimum absolute atomic E-state index is 0.180. The van der Waals surface area contributed by atoms with Crippen molar-refractivity contribution in [3.05, 3.63) is 76.3 Å². The zero-order valence-electron chi connectivity index (χ0n) is 24.3. The maximum Gasteiger partial charge on any atom is 0.192 e. The Labute approximate surface area is 241 Å². The molecule has 2 rings (SSSR count). The molecule has 0 amide bonds. The van der Waals surface area contributed by atoms with E-state index >= 15 is 0 Å². The third-order valence-electron chi connectivity index (χ3n) is 7.35. The van der Waals surface area contributed by atoms with E-state index in [1.807, 2.05) is 48.5 Å². The molecule has 0 radical (unpaired) electrons. The fourth-order valence-electron chi connectivity index (χ4n) is 4.09. The molecule has 0 bridgehead atoms. The van der Waals surface area contributed by atoms with Crippen molar-refractivity contribution >= 4 is 24.2 Å². The van der Waals surface area contributed by atoms with Gasteiger partial charge in [-0.05, 0) is 55.1 Å². The van der Waals surface area contributed by atoms with Crippen molar-refractivity contribution in [1.29, 1.82) is 0 Å². The number of hydrogen-bond donors (Lipinski definition) is 1. The number of benzene rings is 2. The fourth-order valence-corrected chi connectivity index (χ4v) is 6.10. The number of rotatable bonds is 14. The predicted octanol–water partition coefficient (Wildman–Crippen LogP) is 9.54. The lowest BCUT2D eigenvalue weighted by Crippen LogP contribution is -2.44. The summed E-state index contributed by atoms with van der Waals surface area (Å²) in [5.41, 5.74) is 2.75. The van der Waals surface area contributed by atoms with Gasteiger partial charge in [0.15, 0.2) is 8.32 Å². The third-order valence-corrected chi connectivity index (χ3v) is 12.6. The first-order valence-corrected chi connectivity index (χ1v) is 17.6. The molecule has 2 aromatic carbocycles. The maximum absolute atomic E-state index is 11.1. The van der Waals surface area contributed by atoms with Gasteiger partial charge in [-0.25, -0.2) is 0 Å². The molecule has 0 aliphatic heterocycles. The average molecular weight is 600 g/mol. The van der Waals surface area contributed by atoms with Crippen molar-refractivity contribution in [2.45, 2.75) is 110 Å². The summed E-state index contributed by atoms with van der Waals surface area (Å²) in [7, 11) is -1.85. The Hall–Kier alpha value is -1.84. The van der Waals surface area contributed by atoms with Crippen LogP contribution in [0.5, 0.6) is 5.75 Å². The van der Waals surface area contributed by atoms with E-state index in [0.717, 1.165) is 39.8 Å². The minimum atomic E-state index is -1.85. The van der Waals surface area contributed by atoms with Gasteiger partial charge in [-0.3, -0.25) is 0 Å². The number of hydrogen-bond acceptors (Lipinski definition) is 3. The van der Waals surface area contributed by atoms with Crippen molar-refractivity contribution in [2.75, 3.05) is 0 Å². The van der Waals surface area contributed by atoms with Gasteiger partial charge >= 0.3 is 0 Å². The molecule has 1 unspecified atom stereocenters. The van der Waals surface area contributed by atoms with Crippen molar-refractivity contribution in [3.8, 4) is 17.6 Å². The first-order valence-electron chi connectivity index (χ1n) is 13.9. The maximum atomic E-state index is 11.1. The van der Waals surface area contributed by atoms with E-state index in [2.05, 4.69) is 75.1 Å². The number of aliphatic hydroxyl groups is 1. The van der Waals surface area contributed by atoms with Crippen molar-refractivity contribution in [1.82, 2.24) is 0 Å². The highest BCUT2D eigenvalue weighted by molar-refractivity contribution is 9.10. The number of allylic oxidation sites excluding steroid dienone is 1. The van der Waals surface area contributed by atoms with Crippen LogP contribution in [0.3, 0.4) is 0 Å². The molecule has 2 atom stereocenters. The summed E-state index contributed by atoms with van der Waals surface area (Å²) in [4.78, 5) is 0. The normalized spacial score (nSPS) is 13.4. The number of ether oxygens (including phenoxy) is 1. The SMILES string of the molecule is C=CCc1c(OCc2ccccc2)ccc(Br)c1C(O)C#CCC[C@H](CCCCC)O[Si](C)(C)C(C)(C)C. The second-order valence-corrected chi connectivity index (χ2v) is 17.1. The van der Waals surface area contributed by atoms with E-state index < -0.39 is 14.4 Å². The number of aliphatic hydroxyl groups excluding tert-OH is 1. The lowest BCUT2D eigenvalue weighted by molar-refractivity contribution is 0.159. The number of unbranched alkanes of at least 4 members (excludes halogenated alkanes) is 2. The first kappa shape index (κ1) is 32.4. The van der Waals surface area contributed by atoms with Crippen LogP contribution in [0.4, 0.5) is 0 Å². The Morgan fingerprint density at radius 2 is 1.79 bits per heavy atom.